The van der Waals surface area contributed by atoms with Crippen LogP contribution in [0, 0.1) is 5.41 Å². The normalized spacial score (nSPS) is 21.1. The Morgan fingerprint density at radius 1 is 1.53 bits per heavy atom. The molecule has 0 aromatic heterocycles. The Bertz CT molecular complexity index is 204. The number of rotatable bonds is 7. The molecular formula is C12H23NO2. The molecule has 0 aromatic carbocycles. The molecule has 0 heterocycles. The van der Waals surface area contributed by atoms with E-state index in [4.69, 9.17) is 5.11 Å². The summed E-state index contributed by atoms with van der Waals surface area (Å²) in [5.74, 6) is 0. The highest BCUT2D eigenvalue weighted by Crippen LogP contribution is 2.28. The van der Waals surface area contributed by atoms with Gasteiger partial charge in [0.1, 0.15) is 6.29 Å². The highest BCUT2D eigenvalue weighted by Gasteiger charge is 2.31. The fraction of sp³-hybridized carbons (Fsp3) is 0.917. The standard InChI is InChI=1S/C12H23NO2/c1-3-12(2,10-15)9-13(7-8-14)11-5-4-6-11/h10-11,14H,3-9H2,1-2H3. The predicted octanol–water partition coefficient (Wildman–Crippen LogP) is 1.45. The zero-order valence-corrected chi connectivity index (χ0v) is 9.91. The van der Waals surface area contributed by atoms with Gasteiger partial charge in [-0.2, -0.15) is 0 Å². The van der Waals surface area contributed by atoms with Crippen LogP contribution in [0.3, 0.4) is 0 Å². The van der Waals surface area contributed by atoms with Crippen LogP contribution >= 0.6 is 0 Å². The number of carbonyl (C=O) groups excluding carboxylic acids is 1. The third kappa shape index (κ3) is 3.28. The molecule has 0 aromatic rings. The fourth-order valence-corrected chi connectivity index (χ4v) is 1.97. The molecule has 0 radical (unpaired) electrons. The molecule has 1 rings (SSSR count). The Kier molecular flexibility index (Phi) is 4.74. The van der Waals surface area contributed by atoms with Crippen LogP contribution in [-0.4, -0.2) is 42.0 Å². The van der Waals surface area contributed by atoms with Gasteiger partial charge in [0.2, 0.25) is 0 Å². The Hall–Kier alpha value is -0.410. The van der Waals surface area contributed by atoms with Crippen molar-refractivity contribution in [1.82, 2.24) is 4.90 Å². The molecule has 3 nitrogen and oxygen atoms in total. The van der Waals surface area contributed by atoms with Gasteiger partial charge >= 0.3 is 0 Å². The molecular weight excluding hydrogens is 190 g/mol. The summed E-state index contributed by atoms with van der Waals surface area (Å²) in [5.41, 5.74) is -0.245. The minimum atomic E-state index is -0.245. The van der Waals surface area contributed by atoms with E-state index in [-0.39, 0.29) is 12.0 Å². The van der Waals surface area contributed by atoms with Crippen LogP contribution < -0.4 is 0 Å². The van der Waals surface area contributed by atoms with Crippen molar-refractivity contribution >= 4 is 6.29 Å². The quantitative estimate of drug-likeness (QED) is 0.651. The third-order valence-corrected chi connectivity index (χ3v) is 3.63. The van der Waals surface area contributed by atoms with E-state index in [0.717, 1.165) is 19.3 Å². The molecule has 1 N–H and O–H groups in total. The topological polar surface area (TPSA) is 40.5 Å². The molecule has 0 aliphatic heterocycles. The first kappa shape index (κ1) is 12.7. The van der Waals surface area contributed by atoms with E-state index in [9.17, 15) is 4.79 Å². The first-order valence-corrected chi connectivity index (χ1v) is 5.96. The summed E-state index contributed by atoms with van der Waals surface area (Å²) in [6.07, 6.45) is 5.66. The maximum atomic E-state index is 11.0. The molecule has 1 aliphatic rings. The van der Waals surface area contributed by atoms with Crippen molar-refractivity contribution in [3.8, 4) is 0 Å². The van der Waals surface area contributed by atoms with Crippen LogP contribution in [0.2, 0.25) is 0 Å². The lowest BCUT2D eigenvalue weighted by atomic mass is 9.85. The molecule has 0 saturated heterocycles. The van der Waals surface area contributed by atoms with E-state index in [1.54, 1.807) is 0 Å². The van der Waals surface area contributed by atoms with Crippen molar-refractivity contribution in [2.45, 2.75) is 45.6 Å². The number of hydrogen-bond acceptors (Lipinski definition) is 3. The number of carbonyl (C=O) groups is 1. The molecule has 0 amide bonds. The van der Waals surface area contributed by atoms with Crippen molar-refractivity contribution in [3.05, 3.63) is 0 Å². The highest BCUT2D eigenvalue weighted by atomic mass is 16.3. The summed E-state index contributed by atoms with van der Waals surface area (Å²) in [4.78, 5) is 13.3. The largest absolute Gasteiger partial charge is 0.395 e. The fourth-order valence-electron chi connectivity index (χ4n) is 1.97. The maximum Gasteiger partial charge on any atom is 0.127 e. The van der Waals surface area contributed by atoms with E-state index in [1.165, 1.54) is 19.3 Å². The average molecular weight is 213 g/mol. The van der Waals surface area contributed by atoms with Crippen LogP contribution in [-0.2, 0) is 4.79 Å². The number of aliphatic hydroxyl groups is 1. The van der Waals surface area contributed by atoms with Crippen molar-refractivity contribution in [2.24, 2.45) is 5.41 Å². The van der Waals surface area contributed by atoms with Crippen molar-refractivity contribution in [1.29, 1.82) is 0 Å². The number of aldehydes is 1. The Morgan fingerprint density at radius 2 is 2.20 bits per heavy atom. The molecule has 0 spiro atoms. The van der Waals surface area contributed by atoms with Crippen LogP contribution in [0.25, 0.3) is 0 Å². The first-order chi connectivity index (χ1) is 7.15. The van der Waals surface area contributed by atoms with Crippen molar-refractivity contribution in [2.75, 3.05) is 19.7 Å². The van der Waals surface area contributed by atoms with Gasteiger partial charge in [0.25, 0.3) is 0 Å². The number of aliphatic hydroxyl groups excluding tert-OH is 1. The average Bonchev–Trinajstić information content (AvgIpc) is 2.15. The van der Waals surface area contributed by atoms with Crippen LogP contribution in [0.4, 0.5) is 0 Å². The monoisotopic (exact) mass is 213 g/mol. The molecule has 0 bridgehead atoms. The zero-order chi connectivity index (χ0) is 11.3. The van der Waals surface area contributed by atoms with E-state index in [0.29, 0.717) is 12.6 Å². The number of hydrogen-bond donors (Lipinski definition) is 1. The van der Waals surface area contributed by atoms with Gasteiger partial charge in [-0.15, -0.1) is 0 Å². The molecule has 1 fully saturated rings. The van der Waals surface area contributed by atoms with Gasteiger partial charge in [-0.05, 0) is 19.3 Å². The molecule has 1 aliphatic carbocycles. The van der Waals surface area contributed by atoms with E-state index in [2.05, 4.69) is 4.90 Å². The van der Waals surface area contributed by atoms with Crippen LogP contribution in [0.5, 0.6) is 0 Å². The second kappa shape index (κ2) is 5.61. The lowest BCUT2D eigenvalue weighted by Crippen LogP contribution is -2.47. The van der Waals surface area contributed by atoms with Gasteiger partial charge in [0, 0.05) is 24.5 Å². The molecule has 1 unspecified atom stereocenters. The molecule has 15 heavy (non-hydrogen) atoms. The second-order valence-electron chi connectivity index (χ2n) is 4.90. The van der Waals surface area contributed by atoms with Crippen LogP contribution in [0.15, 0.2) is 0 Å². The highest BCUT2D eigenvalue weighted by molar-refractivity contribution is 5.58. The lowest BCUT2D eigenvalue weighted by molar-refractivity contribution is -0.117. The van der Waals surface area contributed by atoms with E-state index in [1.807, 2.05) is 13.8 Å². The molecule has 88 valence electrons. The Morgan fingerprint density at radius 3 is 2.53 bits per heavy atom. The molecule has 1 saturated carbocycles. The summed E-state index contributed by atoms with van der Waals surface area (Å²) in [7, 11) is 0. The minimum Gasteiger partial charge on any atom is -0.395 e. The summed E-state index contributed by atoms with van der Waals surface area (Å²) in [6.45, 7) is 5.73. The van der Waals surface area contributed by atoms with E-state index < -0.39 is 0 Å². The van der Waals surface area contributed by atoms with Gasteiger partial charge in [-0.3, -0.25) is 4.90 Å². The summed E-state index contributed by atoms with van der Waals surface area (Å²) in [6, 6.07) is 0.600. The van der Waals surface area contributed by atoms with Gasteiger partial charge in [-0.1, -0.05) is 20.3 Å². The van der Waals surface area contributed by atoms with Gasteiger partial charge in [0.15, 0.2) is 0 Å². The number of nitrogens with zero attached hydrogens (tertiary/aromatic N) is 1. The molecule has 1 atom stereocenters. The zero-order valence-electron chi connectivity index (χ0n) is 9.91. The third-order valence-electron chi connectivity index (χ3n) is 3.63. The van der Waals surface area contributed by atoms with E-state index >= 15 is 0 Å². The second-order valence-corrected chi connectivity index (χ2v) is 4.90. The summed E-state index contributed by atoms with van der Waals surface area (Å²) >= 11 is 0. The maximum absolute atomic E-state index is 11.0. The SMILES string of the molecule is CCC(C)(C=O)CN(CCO)C1CCC1. The van der Waals surface area contributed by atoms with Gasteiger partial charge in [0.05, 0.1) is 6.61 Å². The van der Waals surface area contributed by atoms with Crippen LogP contribution in [0.1, 0.15) is 39.5 Å². The minimum absolute atomic E-state index is 0.190. The first-order valence-electron chi connectivity index (χ1n) is 5.96. The van der Waals surface area contributed by atoms with Crippen molar-refractivity contribution < 1.29 is 9.90 Å². The van der Waals surface area contributed by atoms with Crippen molar-refractivity contribution in [3.63, 3.8) is 0 Å². The van der Waals surface area contributed by atoms with Gasteiger partial charge in [-0.25, -0.2) is 0 Å². The Balaban J connectivity index is 2.51. The predicted molar refractivity (Wildman–Crippen MR) is 60.8 cm³/mol. The molecule has 3 heteroatoms. The summed E-state index contributed by atoms with van der Waals surface area (Å²) < 4.78 is 0. The summed E-state index contributed by atoms with van der Waals surface area (Å²) in [5, 5.41) is 9.02. The Labute approximate surface area is 92.5 Å². The smallest absolute Gasteiger partial charge is 0.127 e. The lowest BCUT2D eigenvalue weighted by Gasteiger charge is -2.40. The van der Waals surface area contributed by atoms with Gasteiger partial charge < -0.3 is 9.90 Å².